The fourth-order valence-corrected chi connectivity index (χ4v) is 3.04. The summed E-state index contributed by atoms with van der Waals surface area (Å²) in [6, 6.07) is 2.71. The van der Waals surface area contributed by atoms with Gasteiger partial charge in [0.25, 0.3) is 0 Å². The Morgan fingerprint density at radius 1 is 1.39 bits per heavy atom. The molecule has 0 radical (unpaired) electrons. The summed E-state index contributed by atoms with van der Waals surface area (Å²) in [5.74, 6) is 0. The van der Waals surface area contributed by atoms with Gasteiger partial charge in [0.15, 0.2) is 0 Å². The van der Waals surface area contributed by atoms with Crippen LogP contribution in [0.1, 0.15) is 29.5 Å². The first kappa shape index (κ1) is 12.2. The molecule has 2 heterocycles. The van der Waals surface area contributed by atoms with Gasteiger partial charge in [-0.2, -0.15) is 0 Å². The molecular weight excluding hydrogens is 292 g/mol. The quantitative estimate of drug-likeness (QED) is 0.909. The highest BCUT2D eigenvalue weighted by atomic mass is 79.9. The summed E-state index contributed by atoms with van der Waals surface area (Å²) in [5.41, 5.74) is 5.09. The molecule has 4 heteroatoms. The van der Waals surface area contributed by atoms with Crippen molar-refractivity contribution in [3.8, 4) is 0 Å². The van der Waals surface area contributed by atoms with E-state index in [2.05, 4.69) is 39.2 Å². The minimum atomic E-state index is 0.518. The maximum absolute atomic E-state index is 5.41. The van der Waals surface area contributed by atoms with E-state index in [4.69, 9.17) is 4.74 Å². The zero-order chi connectivity index (χ0) is 12.5. The van der Waals surface area contributed by atoms with Crippen molar-refractivity contribution < 1.29 is 4.74 Å². The van der Waals surface area contributed by atoms with E-state index in [1.165, 1.54) is 26.9 Å². The first-order valence-electron chi connectivity index (χ1n) is 6.42. The maximum atomic E-state index is 5.41. The second-order valence-electron chi connectivity index (χ2n) is 4.93. The van der Waals surface area contributed by atoms with E-state index < -0.39 is 0 Å². The highest BCUT2D eigenvalue weighted by molar-refractivity contribution is 9.10. The average Bonchev–Trinajstić information content (AvgIpc) is 2.84. The third-order valence-corrected chi connectivity index (χ3v) is 4.52. The van der Waals surface area contributed by atoms with Crippen molar-refractivity contribution in [3.63, 3.8) is 0 Å². The number of rotatable bonds is 2. The Morgan fingerprint density at radius 2 is 2.17 bits per heavy atom. The van der Waals surface area contributed by atoms with Gasteiger partial charge in [0, 0.05) is 41.2 Å². The molecule has 18 heavy (non-hydrogen) atoms. The number of aliphatic imine (C=N–C) groups is 1. The van der Waals surface area contributed by atoms with Gasteiger partial charge in [-0.1, -0.05) is 15.9 Å². The number of nitrogens with zero attached hydrogens (tertiary/aromatic N) is 1. The Balaban J connectivity index is 1.92. The molecule has 1 aromatic rings. The molecule has 1 saturated heterocycles. The molecule has 3 nitrogen and oxygen atoms in total. The summed E-state index contributed by atoms with van der Waals surface area (Å²) in [7, 11) is 0. The zero-order valence-corrected chi connectivity index (χ0v) is 12.1. The summed E-state index contributed by atoms with van der Waals surface area (Å²) >= 11 is 3.64. The normalized spacial score (nSPS) is 19.0. The number of hydrogen-bond donors (Lipinski definition) is 1. The molecule has 0 amide bonds. The van der Waals surface area contributed by atoms with Crippen molar-refractivity contribution in [1.82, 2.24) is 0 Å². The van der Waals surface area contributed by atoms with Crippen molar-refractivity contribution in [2.45, 2.75) is 32.4 Å². The number of halogens is 1. The molecular formula is C14H17BrN2O. The van der Waals surface area contributed by atoms with E-state index in [-0.39, 0.29) is 0 Å². The molecule has 1 aromatic carbocycles. The lowest BCUT2D eigenvalue weighted by Crippen LogP contribution is -2.28. The van der Waals surface area contributed by atoms with Crippen molar-refractivity contribution in [1.29, 1.82) is 0 Å². The van der Waals surface area contributed by atoms with Gasteiger partial charge >= 0.3 is 0 Å². The third-order valence-electron chi connectivity index (χ3n) is 3.70. The second kappa shape index (κ2) is 5.02. The minimum Gasteiger partial charge on any atom is -0.381 e. The summed E-state index contributed by atoms with van der Waals surface area (Å²) in [6.07, 6.45) is 4.16. The van der Waals surface area contributed by atoms with Crippen LogP contribution in [0.4, 0.5) is 5.69 Å². The first-order chi connectivity index (χ1) is 8.75. The number of benzene rings is 1. The van der Waals surface area contributed by atoms with Crippen molar-refractivity contribution in [2.24, 2.45) is 4.99 Å². The molecule has 0 aromatic heterocycles. The van der Waals surface area contributed by atoms with Crippen LogP contribution in [0.15, 0.2) is 15.5 Å². The molecule has 0 atom stereocenters. The van der Waals surface area contributed by atoms with Crippen LogP contribution in [0.2, 0.25) is 0 Å². The fourth-order valence-electron chi connectivity index (χ4n) is 2.57. The van der Waals surface area contributed by atoms with Crippen LogP contribution in [0.5, 0.6) is 0 Å². The molecule has 0 bridgehead atoms. The van der Waals surface area contributed by atoms with Crippen LogP contribution < -0.4 is 5.32 Å². The fraction of sp³-hybridized carbons (Fsp3) is 0.500. The van der Waals surface area contributed by atoms with Crippen LogP contribution in [-0.2, 0) is 11.3 Å². The Labute approximate surface area is 116 Å². The summed E-state index contributed by atoms with van der Waals surface area (Å²) in [5, 5.41) is 3.69. The molecule has 0 unspecified atom stereocenters. The Kier molecular flexibility index (Phi) is 3.39. The summed E-state index contributed by atoms with van der Waals surface area (Å²) in [6.45, 7) is 4.68. The smallest absolute Gasteiger partial charge is 0.0647 e. The van der Waals surface area contributed by atoms with Gasteiger partial charge in [-0.05, 0) is 37.0 Å². The highest BCUT2D eigenvalue weighted by Gasteiger charge is 2.20. The molecule has 1 fully saturated rings. The van der Waals surface area contributed by atoms with Gasteiger partial charge in [-0.25, -0.2) is 0 Å². The largest absolute Gasteiger partial charge is 0.381 e. The summed E-state index contributed by atoms with van der Waals surface area (Å²) in [4.78, 5) is 4.38. The van der Waals surface area contributed by atoms with Gasteiger partial charge in [-0.3, -0.25) is 4.99 Å². The van der Waals surface area contributed by atoms with Gasteiger partial charge in [0.2, 0.25) is 0 Å². The molecule has 2 aliphatic heterocycles. The molecule has 3 rings (SSSR count). The van der Waals surface area contributed by atoms with Crippen molar-refractivity contribution in [3.05, 3.63) is 27.2 Å². The van der Waals surface area contributed by atoms with Gasteiger partial charge in [0.1, 0.15) is 0 Å². The van der Waals surface area contributed by atoms with Crippen LogP contribution in [0.25, 0.3) is 0 Å². The number of anilines is 1. The lowest BCUT2D eigenvalue weighted by atomic mass is 10.0. The number of fused-ring (bicyclic) bond motifs is 1. The van der Waals surface area contributed by atoms with Gasteiger partial charge < -0.3 is 10.1 Å². The molecule has 0 aliphatic carbocycles. The predicted octanol–water partition coefficient (Wildman–Crippen LogP) is 3.28. The monoisotopic (exact) mass is 308 g/mol. The molecule has 2 aliphatic rings. The van der Waals surface area contributed by atoms with E-state index in [9.17, 15) is 0 Å². The summed E-state index contributed by atoms with van der Waals surface area (Å²) < 4.78 is 6.58. The molecule has 96 valence electrons. The van der Waals surface area contributed by atoms with E-state index in [1.54, 1.807) is 0 Å². The standard InChI is InChI=1S/C14H17BrN2O/c1-9-13(15)6-10-7-16-8-12(10)14(9)17-11-2-4-18-5-3-11/h6,8,11,17H,2-5,7H2,1H3. The van der Waals surface area contributed by atoms with Crippen LogP contribution >= 0.6 is 15.9 Å². The average molecular weight is 309 g/mol. The third kappa shape index (κ3) is 2.19. The first-order valence-corrected chi connectivity index (χ1v) is 7.21. The lowest BCUT2D eigenvalue weighted by Gasteiger charge is -2.26. The van der Waals surface area contributed by atoms with E-state index >= 15 is 0 Å². The Hall–Kier alpha value is -0.870. The van der Waals surface area contributed by atoms with E-state index in [1.807, 2.05) is 6.21 Å². The Bertz CT molecular complexity index is 493. The topological polar surface area (TPSA) is 33.6 Å². The van der Waals surface area contributed by atoms with Crippen LogP contribution in [0.3, 0.4) is 0 Å². The number of hydrogen-bond acceptors (Lipinski definition) is 3. The van der Waals surface area contributed by atoms with E-state index in [0.717, 1.165) is 32.6 Å². The lowest BCUT2D eigenvalue weighted by molar-refractivity contribution is 0.0904. The van der Waals surface area contributed by atoms with Crippen molar-refractivity contribution in [2.75, 3.05) is 18.5 Å². The molecule has 1 N–H and O–H groups in total. The minimum absolute atomic E-state index is 0.518. The van der Waals surface area contributed by atoms with Crippen LogP contribution in [0, 0.1) is 6.92 Å². The maximum Gasteiger partial charge on any atom is 0.0647 e. The predicted molar refractivity (Wildman–Crippen MR) is 77.6 cm³/mol. The highest BCUT2D eigenvalue weighted by Crippen LogP contribution is 2.34. The Morgan fingerprint density at radius 3 is 2.94 bits per heavy atom. The van der Waals surface area contributed by atoms with E-state index in [0.29, 0.717) is 6.04 Å². The zero-order valence-electron chi connectivity index (χ0n) is 10.5. The SMILES string of the molecule is Cc1c(Br)cc2c(c1NC1CCOCC1)C=NC2. The number of ether oxygens (including phenoxy) is 1. The molecule has 0 spiro atoms. The second-order valence-corrected chi connectivity index (χ2v) is 5.79. The van der Waals surface area contributed by atoms with Crippen molar-refractivity contribution >= 4 is 27.8 Å². The van der Waals surface area contributed by atoms with Gasteiger partial charge in [-0.15, -0.1) is 0 Å². The van der Waals surface area contributed by atoms with Gasteiger partial charge in [0.05, 0.1) is 6.54 Å². The number of nitrogens with one attached hydrogen (secondary N) is 1. The van der Waals surface area contributed by atoms with Crippen LogP contribution in [-0.4, -0.2) is 25.5 Å². The molecule has 0 saturated carbocycles.